The zero-order chi connectivity index (χ0) is 11.0. The normalized spacial score (nSPS) is 24.4. The monoisotopic (exact) mass is 212 g/mol. The highest BCUT2D eigenvalue weighted by molar-refractivity contribution is 6.74. The molecule has 82 valence electrons. The van der Waals surface area contributed by atoms with Gasteiger partial charge in [0.2, 0.25) is 0 Å². The molecule has 0 bridgehead atoms. The van der Waals surface area contributed by atoms with E-state index in [0.717, 1.165) is 0 Å². The Kier molecular flexibility index (Phi) is 3.27. The van der Waals surface area contributed by atoms with Gasteiger partial charge in [-0.25, -0.2) is 0 Å². The van der Waals surface area contributed by atoms with Gasteiger partial charge in [0.25, 0.3) is 0 Å². The van der Waals surface area contributed by atoms with Crippen LogP contribution < -0.4 is 0 Å². The third-order valence-corrected chi connectivity index (χ3v) is 8.15. The van der Waals surface area contributed by atoms with E-state index in [1.807, 2.05) is 0 Å². The zero-order valence-electron chi connectivity index (χ0n) is 10.3. The molecule has 0 spiro atoms. The summed E-state index contributed by atoms with van der Waals surface area (Å²) >= 11 is 0. The van der Waals surface area contributed by atoms with Gasteiger partial charge in [-0.15, -0.1) is 0 Å². The molecule has 2 heteroatoms. The fraction of sp³-hybridized carbons (Fsp3) is 0.833. The molecular weight excluding hydrogens is 188 g/mol. The molecular formula is C12H24OSi. The van der Waals surface area contributed by atoms with Gasteiger partial charge in [0.05, 0.1) is 6.10 Å². The first-order valence-electron chi connectivity index (χ1n) is 5.59. The van der Waals surface area contributed by atoms with Gasteiger partial charge in [-0.1, -0.05) is 32.9 Å². The number of hydrogen-bond acceptors (Lipinski definition) is 1. The maximum absolute atomic E-state index is 6.31. The topological polar surface area (TPSA) is 9.23 Å². The van der Waals surface area contributed by atoms with Crippen molar-refractivity contribution in [3.05, 3.63) is 12.2 Å². The third kappa shape index (κ3) is 2.48. The Labute approximate surface area is 89.7 Å². The molecule has 14 heavy (non-hydrogen) atoms. The van der Waals surface area contributed by atoms with Crippen LogP contribution in [0.2, 0.25) is 18.1 Å². The molecule has 1 nitrogen and oxygen atoms in total. The van der Waals surface area contributed by atoms with Crippen LogP contribution in [0.5, 0.6) is 0 Å². The van der Waals surface area contributed by atoms with E-state index in [1.54, 1.807) is 0 Å². The molecule has 0 radical (unpaired) electrons. The largest absolute Gasteiger partial charge is 0.410 e. The molecule has 1 aliphatic rings. The Balaban J connectivity index is 2.63. The first-order valence-corrected chi connectivity index (χ1v) is 8.50. The van der Waals surface area contributed by atoms with Crippen LogP contribution >= 0.6 is 0 Å². The van der Waals surface area contributed by atoms with Gasteiger partial charge in [-0.2, -0.15) is 0 Å². The van der Waals surface area contributed by atoms with Crippen LogP contribution in [0.3, 0.4) is 0 Å². The van der Waals surface area contributed by atoms with Crippen LogP contribution in [-0.2, 0) is 4.43 Å². The first-order chi connectivity index (χ1) is 6.24. The standard InChI is InChI=1S/C12H24OSi/c1-10-8-7-9-11(10)13-14(5,6)12(2,3)4/h11H,1,7-9H2,2-6H3. The van der Waals surface area contributed by atoms with E-state index in [2.05, 4.69) is 40.4 Å². The van der Waals surface area contributed by atoms with Crippen molar-refractivity contribution in [2.75, 3.05) is 0 Å². The molecule has 0 aliphatic heterocycles. The number of rotatable bonds is 2. The Morgan fingerprint density at radius 1 is 1.36 bits per heavy atom. The minimum atomic E-state index is -1.57. The van der Waals surface area contributed by atoms with E-state index in [9.17, 15) is 0 Å². The summed E-state index contributed by atoms with van der Waals surface area (Å²) in [5.41, 5.74) is 1.31. The van der Waals surface area contributed by atoms with Crippen LogP contribution in [0, 0.1) is 0 Å². The quantitative estimate of drug-likeness (QED) is 0.494. The average molecular weight is 212 g/mol. The predicted octanol–water partition coefficient (Wildman–Crippen LogP) is 4.12. The summed E-state index contributed by atoms with van der Waals surface area (Å²) in [4.78, 5) is 0. The van der Waals surface area contributed by atoms with E-state index >= 15 is 0 Å². The summed E-state index contributed by atoms with van der Waals surface area (Å²) in [5, 5.41) is 0.315. The zero-order valence-corrected chi connectivity index (χ0v) is 11.3. The van der Waals surface area contributed by atoms with E-state index in [4.69, 9.17) is 4.43 Å². The van der Waals surface area contributed by atoms with Gasteiger partial charge < -0.3 is 4.43 Å². The Morgan fingerprint density at radius 3 is 2.29 bits per heavy atom. The first kappa shape index (κ1) is 12.0. The van der Waals surface area contributed by atoms with Crippen molar-refractivity contribution < 1.29 is 4.43 Å². The molecule has 0 amide bonds. The molecule has 0 heterocycles. The van der Waals surface area contributed by atoms with Crippen LogP contribution in [0.1, 0.15) is 40.0 Å². The lowest BCUT2D eigenvalue weighted by atomic mass is 10.2. The summed E-state index contributed by atoms with van der Waals surface area (Å²) in [6.07, 6.45) is 3.97. The van der Waals surface area contributed by atoms with E-state index in [-0.39, 0.29) is 0 Å². The van der Waals surface area contributed by atoms with Crippen LogP contribution in [-0.4, -0.2) is 14.4 Å². The summed E-state index contributed by atoms with van der Waals surface area (Å²) in [6.45, 7) is 15.6. The molecule has 0 saturated heterocycles. The Morgan fingerprint density at radius 2 is 1.93 bits per heavy atom. The predicted molar refractivity (Wildman–Crippen MR) is 65.1 cm³/mol. The highest BCUT2D eigenvalue weighted by Gasteiger charge is 2.40. The molecule has 0 aromatic carbocycles. The van der Waals surface area contributed by atoms with E-state index < -0.39 is 8.32 Å². The molecule has 1 aliphatic carbocycles. The lowest BCUT2D eigenvalue weighted by Crippen LogP contribution is -2.43. The van der Waals surface area contributed by atoms with Crippen molar-refractivity contribution in [1.82, 2.24) is 0 Å². The van der Waals surface area contributed by atoms with Crippen LogP contribution in [0.15, 0.2) is 12.2 Å². The summed E-state index contributed by atoms with van der Waals surface area (Å²) < 4.78 is 6.31. The SMILES string of the molecule is C=C1CCCC1O[Si](C)(C)C(C)(C)C. The Hall–Kier alpha value is -0.0831. The second-order valence-electron chi connectivity index (χ2n) is 5.92. The second-order valence-corrected chi connectivity index (χ2v) is 10.7. The van der Waals surface area contributed by atoms with Crippen molar-refractivity contribution in [2.24, 2.45) is 0 Å². The highest BCUT2D eigenvalue weighted by Crippen LogP contribution is 2.40. The van der Waals surface area contributed by atoms with Crippen molar-refractivity contribution in [2.45, 2.75) is 64.3 Å². The maximum atomic E-state index is 6.31. The molecule has 1 saturated carbocycles. The molecule has 0 aromatic rings. The minimum Gasteiger partial charge on any atom is -0.410 e. The fourth-order valence-electron chi connectivity index (χ4n) is 1.55. The summed E-state index contributed by atoms with van der Waals surface area (Å²) in [7, 11) is -1.57. The van der Waals surface area contributed by atoms with Crippen molar-refractivity contribution in [3.8, 4) is 0 Å². The van der Waals surface area contributed by atoms with E-state index in [0.29, 0.717) is 11.1 Å². The maximum Gasteiger partial charge on any atom is 0.192 e. The summed E-state index contributed by atoms with van der Waals surface area (Å²) in [5.74, 6) is 0. The Bertz CT molecular complexity index is 225. The van der Waals surface area contributed by atoms with Gasteiger partial charge >= 0.3 is 0 Å². The van der Waals surface area contributed by atoms with Crippen LogP contribution in [0.25, 0.3) is 0 Å². The van der Waals surface area contributed by atoms with Gasteiger partial charge in [0, 0.05) is 0 Å². The molecule has 1 rings (SSSR count). The van der Waals surface area contributed by atoms with Gasteiger partial charge in [0.15, 0.2) is 8.32 Å². The van der Waals surface area contributed by atoms with Gasteiger partial charge in [0.1, 0.15) is 0 Å². The third-order valence-electron chi connectivity index (χ3n) is 3.66. The smallest absolute Gasteiger partial charge is 0.192 e. The average Bonchev–Trinajstić information content (AvgIpc) is 2.33. The highest BCUT2D eigenvalue weighted by atomic mass is 28.4. The molecule has 0 aromatic heterocycles. The van der Waals surface area contributed by atoms with Crippen LogP contribution in [0.4, 0.5) is 0 Å². The lowest BCUT2D eigenvalue weighted by Gasteiger charge is -2.38. The minimum absolute atomic E-state index is 0.315. The molecule has 0 N–H and O–H groups in total. The molecule has 1 fully saturated rings. The van der Waals surface area contributed by atoms with Gasteiger partial charge in [-0.05, 0) is 37.4 Å². The molecule has 1 unspecified atom stereocenters. The van der Waals surface area contributed by atoms with Crippen molar-refractivity contribution in [3.63, 3.8) is 0 Å². The fourth-order valence-corrected chi connectivity index (χ4v) is 2.90. The molecule has 1 atom stereocenters. The lowest BCUT2D eigenvalue weighted by molar-refractivity contribution is 0.220. The van der Waals surface area contributed by atoms with Crippen molar-refractivity contribution >= 4 is 8.32 Å². The van der Waals surface area contributed by atoms with Crippen molar-refractivity contribution in [1.29, 1.82) is 0 Å². The summed E-state index contributed by atoms with van der Waals surface area (Å²) in [6, 6.07) is 0. The second kappa shape index (κ2) is 3.82. The number of hydrogen-bond donors (Lipinski definition) is 0. The van der Waals surface area contributed by atoms with Gasteiger partial charge in [-0.3, -0.25) is 0 Å². The van der Waals surface area contributed by atoms with E-state index in [1.165, 1.54) is 24.8 Å².